The van der Waals surface area contributed by atoms with Crippen LogP contribution in [0.1, 0.15) is 5.56 Å². The fourth-order valence-corrected chi connectivity index (χ4v) is 1.34. The van der Waals surface area contributed by atoms with Crippen molar-refractivity contribution in [1.82, 2.24) is 4.98 Å². The van der Waals surface area contributed by atoms with Crippen LogP contribution in [0.4, 0.5) is 13.2 Å². The van der Waals surface area contributed by atoms with Gasteiger partial charge in [-0.05, 0) is 6.07 Å². The van der Waals surface area contributed by atoms with Gasteiger partial charge in [0.1, 0.15) is 5.75 Å². The van der Waals surface area contributed by atoms with E-state index in [9.17, 15) is 13.2 Å². The quantitative estimate of drug-likeness (QED) is 0.857. The van der Waals surface area contributed by atoms with Crippen LogP contribution in [0.5, 0.6) is 11.6 Å². The number of aromatic nitrogens is 1. The van der Waals surface area contributed by atoms with Gasteiger partial charge >= 0.3 is 0 Å². The standard InChI is InChI=1S/C12H8F3NO2/c13-8-5-9(14)12(16-11(8)15)18-10-4-2-1-3-7(10)6-17/h1-5,17H,6H2. The smallest absolute Gasteiger partial charge is 0.258 e. The molecule has 0 aliphatic carbocycles. The average molecular weight is 255 g/mol. The van der Waals surface area contributed by atoms with Gasteiger partial charge in [0.2, 0.25) is 0 Å². The molecular weight excluding hydrogens is 247 g/mol. The van der Waals surface area contributed by atoms with Crippen LogP contribution in [0.25, 0.3) is 0 Å². The van der Waals surface area contributed by atoms with Crippen molar-refractivity contribution in [2.45, 2.75) is 6.61 Å². The number of hydrogen-bond donors (Lipinski definition) is 1. The molecule has 1 heterocycles. The van der Waals surface area contributed by atoms with Gasteiger partial charge in [-0.1, -0.05) is 18.2 Å². The first-order valence-electron chi connectivity index (χ1n) is 5.00. The van der Waals surface area contributed by atoms with Crippen molar-refractivity contribution < 1.29 is 23.0 Å². The third kappa shape index (κ3) is 2.43. The van der Waals surface area contributed by atoms with E-state index in [4.69, 9.17) is 9.84 Å². The lowest BCUT2D eigenvalue weighted by Crippen LogP contribution is -1.99. The number of para-hydroxylation sites is 1. The molecule has 0 bridgehead atoms. The number of aliphatic hydroxyl groups is 1. The Bertz CT molecular complexity index is 575. The molecule has 0 aliphatic heterocycles. The van der Waals surface area contributed by atoms with Crippen molar-refractivity contribution in [3.63, 3.8) is 0 Å². The minimum absolute atomic E-state index is 0.123. The van der Waals surface area contributed by atoms with Gasteiger partial charge in [0.25, 0.3) is 11.8 Å². The zero-order chi connectivity index (χ0) is 13.1. The molecule has 0 spiro atoms. The van der Waals surface area contributed by atoms with E-state index in [0.29, 0.717) is 11.6 Å². The van der Waals surface area contributed by atoms with Gasteiger partial charge in [-0.25, -0.2) is 8.78 Å². The molecule has 6 heteroatoms. The summed E-state index contributed by atoms with van der Waals surface area (Å²) in [6.45, 7) is -0.332. The molecule has 0 unspecified atom stereocenters. The van der Waals surface area contributed by atoms with Crippen LogP contribution in [-0.2, 0) is 6.61 Å². The number of pyridine rings is 1. The molecule has 1 aromatic carbocycles. The summed E-state index contributed by atoms with van der Waals surface area (Å²) in [4.78, 5) is 3.02. The molecular formula is C12H8F3NO2. The maximum atomic E-state index is 13.3. The van der Waals surface area contributed by atoms with Crippen molar-refractivity contribution in [3.05, 3.63) is 53.5 Å². The van der Waals surface area contributed by atoms with E-state index in [0.717, 1.165) is 0 Å². The number of benzene rings is 1. The Balaban J connectivity index is 2.37. The minimum atomic E-state index is -1.45. The summed E-state index contributed by atoms with van der Waals surface area (Å²) in [7, 11) is 0. The maximum absolute atomic E-state index is 13.3. The Morgan fingerprint density at radius 3 is 2.56 bits per heavy atom. The van der Waals surface area contributed by atoms with Crippen molar-refractivity contribution in [2.75, 3.05) is 0 Å². The van der Waals surface area contributed by atoms with E-state index < -0.39 is 23.5 Å². The van der Waals surface area contributed by atoms with E-state index in [2.05, 4.69) is 4.98 Å². The van der Waals surface area contributed by atoms with E-state index in [1.165, 1.54) is 6.07 Å². The summed E-state index contributed by atoms with van der Waals surface area (Å²) >= 11 is 0. The second-order valence-electron chi connectivity index (χ2n) is 3.42. The molecule has 3 nitrogen and oxygen atoms in total. The lowest BCUT2D eigenvalue weighted by atomic mass is 10.2. The molecule has 1 aromatic heterocycles. The Morgan fingerprint density at radius 1 is 1.11 bits per heavy atom. The van der Waals surface area contributed by atoms with Gasteiger partial charge in [-0.2, -0.15) is 9.37 Å². The van der Waals surface area contributed by atoms with Gasteiger partial charge < -0.3 is 9.84 Å². The molecule has 0 amide bonds. The number of nitrogens with zero attached hydrogens (tertiary/aromatic N) is 1. The first-order valence-corrected chi connectivity index (χ1v) is 5.00. The molecule has 18 heavy (non-hydrogen) atoms. The summed E-state index contributed by atoms with van der Waals surface area (Å²) in [6, 6.07) is 6.58. The van der Waals surface area contributed by atoms with Crippen LogP contribution in [0.2, 0.25) is 0 Å². The number of halogens is 3. The Kier molecular flexibility index (Phi) is 3.47. The second kappa shape index (κ2) is 5.05. The molecule has 0 saturated carbocycles. The summed E-state index contributed by atoms with van der Waals surface area (Å²) in [5, 5.41) is 9.04. The average Bonchev–Trinajstić information content (AvgIpc) is 2.36. The van der Waals surface area contributed by atoms with E-state index in [-0.39, 0.29) is 12.4 Å². The topological polar surface area (TPSA) is 42.4 Å². The van der Waals surface area contributed by atoms with Crippen LogP contribution in [0, 0.1) is 17.6 Å². The first-order chi connectivity index (χ1) is 8.61. The van der Waals surface area contributed by atoms with Gasteiger partial charge in [-0.15, -0.1) is 0 Å². The zero-order valence-electron chi connectivity index (χ0n) is 9.03. The maximum Gasteiger partial charge on any atom is 0.258 e. The van der Waals surface area contributed by atoms with E-state index >= 15 is 0 Å². The van der Waals surface area contributed by atoms with Crippen LogP contribution in [0.15, 0.2) is 30.3 Å². The largest absolute Gasteiger partial charge is 0.436 e. The van der Waals surface area contributed by atoms with Crippen molar-refractivity contribution in [3.8, 4) is 11.6 Å². The molecule has 0 saturated heterocycles. The minimum Gasteiger partial charge on any atom is -0.436 e. The van der Waals surface area contributed by atoms with Crippen LogP contribution in [0.3, 0.4) is 0 Å². The monoisotopic (exact) mass is 255 g/mol. The van der Waals surface area contributed by atoms with Crippen LogP contribution < -0.4 is 4.74 Å². The molecule has 1 N–H and O–H groups in total. The Hall–Kier alpha value is -2.08. The third-order valence-corrected chi connectivity index (χ3v) is 2.20. The first kappa shape index (κ1) is 12.4. The number of rotatable bonds is 3. The highest BCUT2D eigenvalue weighted by molar-refractivity contribution is 5.35. The highest BCUT2D eigenvalue weighted by Gasteiger charge is 2.14. The Morgan fingerprint density at radius 2 is 1.83 bits per heavy atom. The Labute approximate surface area is 100 Å². The molecule has 0 aliphatic rings. The lowest BCUT2D eigenvalue weighted by Gasteiger charge is -2.09. The summed E-state index contributed by atoms with van der Waals surface area (Å²) < 4.78 is 43.8. The summed E-state index contributed by atoms with van der Waals surface area (Å²) in [6.07, 6.45) is 0. The molecule has 0 radical (unpaired) electrons. The third-order valence-electron chi connectivity index (χ3n) is 2.20. The second-order valence-corrected chi connectivity index (χ2v) is 3.42. The van der Waals surface area contributed by atoms with Crippen LogP contribution >= 0.6 is 0 Å². The highest BCUT2D eigenvalue weighted by Crippen LogP contribution is 2.26. The number of hydrogen-bond acceptors (Lipinski definition) is 3. The molecule has 2 rings (SSSR count). The lowest BCUT2D eigenvalue weighted by molar-refractivity contribution is 0.275. The van der Waals surface area contributed by atoms with Crippen molar-refractivity contribution in [2.24, 2.45) is 0 Å². The summed E-state index contributed by atoms with van der Waals surface area (Å²) in [5.74, 6) is -4.53. The van der Waals surface area contributed by atoms with Gasteiger partial charge in [0.05, 0.1) is 6.61 Å². The molecule has 0 atom stereocenters. The molecule has 0 fully saturated rings. The molecule has 94 valence electrons. The van der Waals surface area contributed by atoms with E-state index in [1.54, 1.807) is 18.2 Å². The zero-order valence-corrected chi connectivity index (χ0v) is 9.03. The normalized spacial score (nSPS) is 10.4. The van der Waals surface area contributed by atoms with Crippen molar-refractivity contribution in [1.29, 1.82) is 0 Å². The fraction of sp³-hybridized carbons (Fsp3) is 0.0833. The van der Waals surface area contributed by atoms with Gasteiger partial charge in [-0.3, -0.25) is 0 Å². The number of ether oxygens (including phenoxy) is 1. The van der Waals surface area contributed by atoms with Crippen LogP contribution in [-0.4, -0.2) is 10.1 Å². The molecule has 2 aromatic rings. The summed E-state index contributed by atoms with van der Waals surface area (Å²) in [5.41, 5.74) is 0.378. The SMILES string of the molecule is OCc1ccccc1Oc1nc(F)c(F)cc1F. The van der Waals surface area contributed by atoms with Crippen molar-refractivity contribution >= 4 is 0 Å². The highest BCUT2D eigenvalue weighted by atomic mass is 19.2. The van der Waals surface area contributed by atoms with Gasteiger partial charge in [0.15, 0.2) is 11.6 Å². The van der Waals surface area contributed by atoms with Gasteiger partial charge in [0, 0.05) is 11.6 Å². The predicted octanol–water partition coefficient (Wildman–Crippen LogP) is 2.78. The predicted molar refractivity (Wildman–Crippen MR) is 56.5 cm³/mol. The number of aliphatic hydroxyl groups excluding tert-OH is 1. The fourth-order valence-electron chi connectivity index (χ4n) is 1.34. The van der Waals surface area contributed by atoms with E-state index in [1.807, 2.05) is 0 Å².